The lowest BCUT2D eigenvalue weighted by Gasteiger charge is -2.35. The zero-order valence-electron chi connectivity index (χ0n) is 10.5. The van der Waals surface area contributed by atoms with Gasteiger partial charge >= 0.3 is 0 Å². The molecule has 2 atom stereocenters. The molecule has 92 valence electrons. The van der Waals surface area contributed by atoms with Crippen molar-refractivity contribution in [2.24, 2.45) is 0 Å². The Morgan fingerprint density at radius 3 is 2.65 bits per heavy atom. The summed E-state index contributed by atoms with van der Waals surface area (Å²) in [5, 5.41) is 0. The second kappa shape index (κ2) is 4.84. The third-order valence-corrected chi connectivity index (χ3v) is 2.92. The minimum Gasteiger partial charge on any atom is -0.372 e. The average molecular weight is 234 g/mol. The molecule has 2 rings (SSSR count). The van der Waals surface area contributed by atoms with Gasteiger partial charge in [-0.1, -0.05) is 6.07 Å². The van der Waals surface area contributed by atoms with Gasteiger partial charge in [0.05, 0.1) is 12.2 Å². The van der Waals surface area contributed by atoms with Gasteiger partial charge in [0.15, 0.2) is 0 Å². The maximum atomic E-state index is 12.3. The number of ether oxygens (including phenoxy) is 1. The highest BCUT2D eigenvalue weighted by atomic mass is 16.5. The van der Waals surface area contributed by atoms with Crippen LogP contribution < -0.4 is 0 Å². The molecule has 0 saturated carbocycles. The van der Waals surface area contributed by atoms with Gasteiger partial charge in [-0.3, -0.25) is 9.78 Å². The number of pyridine rings is 1. The standard InChI is InChI=1S/C13H18N2O2/c1-9-5-4-6-14-12(9)13(16)15-7-10(2)17-11(3)8-15/h4-6,10-11H,7-8H2,1-3H3. The number of rotatable bonds is 1. The highest BCUT2D eigenvalue weighted by Gasteiger charge is 2.27. The summed E-state index contributed by atoms with van der Waals surface area (Å²) in [6, 6.07) is 3.75. The molecule has 1 saturated heterocycles. The Morgan fingerprint density at radius 1 is 1.41 bits per heavy atom. The molecule has 0 bridgehead atoms. The normalized spacial score (nSPS) is 24.8. The van der Waals surface area contributed by atoms with Crippen LogP contribution in [-0.4, -0.2) is 41.1 Å². The molecule has 17 heavy (non-hydrogen) atoms. The van der Waals surface area contributed by atoms with Crippen molar-refractivity contribution in [1.82, 2.24) is 9.88 Å². The van der Waals surface area contributed by atoms with Crippen molar-refractivity contribution in [2.45, 2.75) is 33.0 Å². The Kier molecular flexibility index (Phi) is 3.43. The first-order valence-corrected chi connectivity index (χ1v) is 5.94. The third-order valence-electron chi connectivity index (χ3n) is 2.92. The van der Waals surface area contributed by atoms with E-state index in [9.17, 15) is 4.79 Å². The van der Waals surface area contributed by atoms with Crippen molar-refractivity contribution in [3.8, 4) is 0 Å². The third kappa shape index (κ3) is 2.64. The van der Waals surface area contributed by atoms with E-state index in [1.807, 2.05) is 37.8 Å². The first-order valence-electron chi connectivity index (χ1n) is 5.94. The van der Waals surface area contributed by atoms with Crippen LogP contribution in [0.15, 0.2) is 18.3 Å². The number of aromatic nitrogens is 1. The number of amides is 1. The second-order valence-corrected chi connectivity index (χ2v) is 4.64. The fourth-order valence-electron chi connectivity index (χ4n) is 2.20. The van der Waals surface area contributed by atoms with Gasteiger partial charge in [-0.15, -0.1) is 0 Å². The number of aryl methyl sites for hydroxylation is 1. The molecule has 0 aliphatic carbocycles. The van der Waals surface area contributed by atoms with Gasteiger partial charge in [-0.05, 0) is 32.4 Å². The number of nitrogens with zero attached hydrogens (tertiary/aromatic N) is 2. The van der Waals surface area contributed by atoms with E-state index in [1.54, 1.807) is 6.20 Å². The van der Waals surface area contributed by atoms with Gasteiger partial charge in [0.1, 0.15) is 5.69 Å². The minimum atomic E-state index is 0.00472. The number of hydrogen-bond donors (Lipinski definition) is 0. The summed E-state index contributed by atoms with van der Waals surface area (Å²) in [7, 11) is 0. The van der Waals surface area contributed by atoms with Crippen LogP contribution in [0.4, 0.5) is 0 Å². The van der Waals surface area contributed by atoms with Gasteiger partial charge < -0.3 is 9.64 Å². The van der Waals surface area contributed by atoms with Gasteiger partial charge in [0, 0.05) is 19.3 Å². The zero-order chi connectivity index (χ0) is 12.4. The molecular formula is C13H18N2O2. The summed E-state index contributed by atoms with van der Waals surface area (Å²) >= 11 is 0. The highest BCUT2D eigenvalue weighted by Crippen LogP contribution is 2.14. The van der Waals surface area contributed by atoms with E-state index in [2.05, 4.69) is 4.98 Å². The fourth-order valence-corrected chi connectivity index (χ4v) is 2.20. The van der Waals surface area contributed by atoms with Crippen LogP contribution in [0.5, 0.6) is 0 Å². The quantitative estimate of drug-likeness (QED) is 0.742. The number of carbonyl (C=O) groups is 1. The molecule has 2 unspecified atom stereocenters. The summed E-state index contributed by atoms with van der Waals surface area (Å²) in [6.45, 7) is 7.16. The van der Waals surface area contributed by atoms with Gasteiger partial charge in [-0.2, -0.15) is 0 Å². The summed E-state index contributed by atoms with van der Waals surface area (Å²) in [6.07, 6.45) is 1.84. The maximum Gasteiger partial charge on any atom is 0.272 e. The predicted molar refractivity (Wildman–Crippen MR) is 64.9 cm³/mol. The molecule has 4 nitrogen and oxygen atoms in total. The molecule has 1 aromatic heterocycles. The van der Waals surface area contributed by atoms with Crippen LogP contribution in [-0.2, 0) is 4.74 Å². The van der Waals surface area contributed by atoms with Crippen molar-refractivity contribution >= 4 is 5.91 Å². The van der Waals surface area contributed by atoms with E-state index in [4.69, 9.17) is 4.74 Å². The lowest BCUT2D eigenvalue weighted by molar-refractivity contribution is -0.0587. The Hall–Kier alpha value is -1.42. The Morgan fingerprint density at radius 2 is 2.06 bits per heavy atom. The number of hydrogen-bond acceptors (Lipinski definition) is 3. The lowest BCUT2D eigenvalue weighted by atomic mass is 10.1. The molecule has 1 fully saturated rings. The summed E-state index contributed by atoms with van der Waals surface area (Å²) in [4.78, 5) is 18.3. The number of carbonyl (C=O) groups excluding carboxylic acids is 1. The van der Waals surface area contributed by atoms with E-state index < -0.39 is 0 Å². The fraction of sp³-hybridized carbons (Fsp3) is 0.538. The Balaban J connectivity index is 2.17. The van der Waals surface area contributed by atoms with E-state index in [0.29, 0.717) is 18.8 Å². The van der Waals surface area contributed by atoms with Crippen molar-refractivity contribution in [2.75, 3.05) is 13.1 Å². The van der Waals surface area contributed by atoms with Gasteiger partial charge in [0.2, 0.25) is 0 Å². The average Bonchev–Trinajstić information content (AvgIpc) is 2.27. The van der Waals surface area contributed by atoms with Crippen LogP contribution in [0.3, 0.4) is 0 Å². The molecule has 1 amide bonds. The molecule has 0 spiro atoms. The van der Waals surface area contributed by atoms with Crippen LogP contribution in [0.2, 0.25) is 0 Å². The van der Waals surface area contributed by atoms with Crippen LogP contribution >= 0.6 is 0 Å². The smallest absolute Gasteiger partial charge is 0.272 e. The SMILES string of the molecule is Cc1cccnc1C(=O)N1CC(C)OC(C)C1. The first-order chi connectivity index (χ1) is 8.08. The number of morpholine rings is 1. The van der Waals surface area contributed by atoms with E-state index in [0.717, 1.165) is 5.56 Å². The van der Waals surface area contributed by atoms with E-state index in [1.165, 1.54) is 0 Å². The predicted octanol–water partition coefficient (Wildman–Crippen LogP) is 1.64. The highest BCUT2D eigenvalue weighted by molar-refractivity contribution is 5.93. The van der Waals surface area contributed by atoms with Crippen LogP contribution in [0, 0.1) is 6.92 Å². The zero-order valence-corrected chi connectivity index (χ0v) is 10.5. The van der Waals surface area contributed by atoms with Crippen molar-refractivity contribution < 1.29 is 9.53 Å². The molecule has 4 heteroatoms. The monoisotopic (exact) mass is 234 g/mol. The minimum absolute atomic E-state index is 0.00472. The summed E-state index contributed by atoms with van der Waals surface area (Å²) in [5.74, 6) is 0.00472. The molecule has 2 heterocycles. The summed E-state index contributed by atoms with van der Waals surface area (Å²) in [5.41, 5.74) is 1.47. The molecule has 0 aromatic carbocycles. The van der Waals surface area contributed by atoms with E-state index in [-0.39, 0.29) is 18.1 Å². The van der Waals surface area contributed by atoms with E-state index >= 15 is 0 Å². The van der Waals surface area contributed by atoms with Crippen molar-refractivity contribution in [1.29, 1.82) is 0 Å². The lowest BCUT2D eigenvalue weighted by Crippen LogP contribution is -2.48. The molecule has 0 N–H and O–H groups in total. The first kappa shape index (κ1) is 12.0. The van der Waals surface area contributed by atoms with Gasteiger partial charge in [-0.25, -0.2) is 0 Å². The second-order valence-electron chi connectivity index (χ2n) is 4.64. The molecule has 0 radical (unpaired) electrons. The van der Waals surface area contributed by atoms with Crippen LogP contribution in [0.1, 0.15) is 29.9 Å². The molecule has 1 aliphatic heterocycles. The maximum absolute atomic E-state index is 12.3. The Labute approximate surface area is 102 Å². The van der Waals surface area contributed by atoms with Crippen molar-refractivity contribution in [3.05, 3.63) is 29.6 Å². The van der Waals surface area contributed by atoms with Gasteiger partial charge in [0.25, 0.3) is 5.91 Å². The topological polar surface area (TPSA) is 42.4 Å². The molecule has 1 aromatic rings. The van der Waals surface area contributed by atoms with Crippen molar-refractivity contribution in [3.63, 3.8) is 0 Å². The Bertz CT molecular complexity index is 410. The van der Waals surface area contributed by atoms with Crippen LogP contribution in [0.25, 0.3) is 0 Å². The summed E-state index contributed by atoms with van der Waals surface area (Å²) < 4.78 is 5.62. The molecule has 1 aliphatic rings. The molecular weight excluding hydrogens is 216 g/mol. The largest absolute Gasteiger partial charge is 0.372 e.